The van der Waals surface area contributed by atoms with Crippen LogP contribution in [0.25, 0.3) is 0 Å². The number of nitrogens with zero attached hydrogens (tertiary/aromatic N) is 1. The van der Waals surface area contributed by atoms with Gasteiger partial charge in [-0.15, -0.1) is 0 Å². The summed E-state index contributed by atoms with van der Waals surface area (Å²) in [4.78, 5) is 28.2. The molecule has 8 nitrogen and oxygen atoms in total. The molecule has 1 aromatic rings. The largest absolute Gasteiger partial charge is 0.482 e. The topological polar surface area (TPSA) is 108 Å². The molecular formula is C28H41IN2O6. The van der Waals surface area contributed by atoms with Gasteiger partial charge in [0.25, 0.3) is 0 Å². The van der Waals surface area contributed by atoms with Crippen LogP contribution in [0.3, 0.4) is 0 Å². The Morgan fingerprint density at radius 2 is 1.97 bits per heavy atom. The number of aliphatic hydroxyl groups excluding tert-OH is 2. The van der Waals surface area contributed by atoms with Crippen molar-refractivity contribution in [2.75, 3.05) is 32.9 Å². The standard InChI is InChI=1S/C28H41IN2O6/c1-2-36-17-7-15-31(26(33)13-12-20-8-3-4-9-20)23-18-21(28(35)30-14-16-32)19-25(27(23)34)37-24-11-6-5-10-22(24)29/h5-6,10-11,19-20,23,25,27,32,34H,2-4,7-9,12-18H2,1H3,(H,30,35)/t23-,25+,27+/m1/s1. The lowest BCUT2D eigenvalue weighted by molar-refractivity contribution is -0.139. The Hall–Kier alpha value is -1.69. The van der Waals surface area contributed by atoms with Crippen LogP contribution in [0.2, 0.25) is 0 Å². The maximum absolute atomic E-state index is 13.6. The number of amides is 2. The van der Waals surface area contributed by atoms with Gasteiger partial charge in [-0.05, 0) is 66.5 Å². The molecule has 2 aliphatic carbocycles. The van der Waals surface area contributed by atoms with Gasteiger partial charge in [0.05, 0.1) is 16.2 Å². The van der Waals surface area contributed by atoms with Crippen LogP contribution in [0.4, 0.5) is 0 Å². The van der Waals surface area contributed by atoms with E-state index in [1.807, 2.05) is 31.2 Å². The van der Waals surface area contributed by atoms with Gasteiger partial charge in [-0.25, -0.2) is 0 Å². The zero-order chi connectivity index (χ0) is 26.6. The highest BCUT2D eigenvalue weighted by Gasteiger charge is 2.40. The van der Waals surface area contributed by atoms with Gasteiger partial charge in [0.15, 0.2) is 0 Å². The van der Waals surface area contributed by atoms with Crippen LogP contribution in [0.5, 0.6) is 5.75 Å². The summed E-state index contributed by atoms with van der Waals surface area (Å²) in [7, 11) is 0. The molecule has 0 radical (unpaired) electrons. The smallest absolute Gasteiger partial charge is 0.247 e. The minimum Gasteiger partial charge on any atom is -0.482 e. The lowest BCUT2D eigenvalue weighted by Crippen LogP contribution is -2.55. The second kappa shape index (κ2) is 15.7. The molecule has 3 atom stereocenters. The van der Waals surface area contributed by atoms with Gasteiger partial charge in [-0.3, -0.25) is 9.59 Å². The first-order valence-corrected chi connectivity index (χ1v) is 14.6. The number of hydrogen-bond donors (Lipinski definition) is 3. The van der Waals surface area contributed by atoms with Crippen molar-refractivity contribution in [3.05, 3.63) is 39.5 Å². The summed E-state index contributed by atoms with van der Waals surface area (Å²) in [5.74, 6) is 0.864. The van der Waals surface area contributed by atoms with Crippen molar-refractivity contribution in [1.82, 2.24) is 10.2 Å². The molecule has 3 rings (SSSR count). The van der Waals surface area contributed by atoms with Crippen LogP contribution in [0, 0.1) is 9.49 Å². The first-order valence-electron chi connectivity index (χ1n) is 13.5. The quantitative estimate of drug-likeness (QED) is 0.215. The number of ether oxygens (including phenoxy) is 2. The zero-order valence-electron chi connectivity index (χ0n) is 21.7. The number of carbonyl (C=O) groups excluding carboxylic acids is 2. The minimum absolute atomic E-state index is 0.00231. The van der Waals surface area contributed by atoms with Crippen molar-refractivity contribution in [2.45, 2.75) is 76.5 Å². The Labute approximate surface area is 233 Å². The first-order chi connectivity index (χ1) is 17.9. The molecule has 1 aromatic carbocycles. The molecule has 0 saturated heterocycles. The normalized spacial score (nSPS) is 21.9. The Bertz CT molecular complexity index is 904. The van der Waals surface area contributed by atoms with Gasteiger partial charge in [0.2, 0.25) is 11.8 Å². The van der Waals surface area contributed by atoms with Gasteiger partial charge in [0.1, 0.15) is 18.0 Å². The minimum atomic E-state index is -1.01. The lowest BCUT2D eigenvalue weighted by Gasteiger charge is -2.41. The number of benzene rings is 1. The average molecular weight is 629 g/mol. The van der Waals surface area contributed by atoms with Crippen molar-refractivity contribution in [3.63, 3.8) is 0 Å². The van der Waals surface area contributed by atoms with E-state index in [-0.39, 0.29) is 31.4 Å². The van der Waals surface area contributed by atoms with Gasteiger partial charge < -0.3 is 29.9 Å². The Kier molecular flexibility index (Phi) is 12.6. The van der Waals surface area contributed by atoms with E-state index in [9.17, 15) is 19.8 Å². The van der Waals surface area contributed by atoms with E-state index in [1.165, 1.54) is 25.7 Å². The third-order valence-corrected chi connectivity index (χ3v) is 8.06. The molecule has 37 heavy (non-hydrogen) atoms. The number of aliphatic hydroxyl groups is 2. The van der Waals surface area contributed by atoms with Crippen molar-refractivity contribution < 1.29 is 29.3 Å². The maximum atomic E-state index is 13.6. The van der Waals surface area contributed by atoms with Crippen LogP contribution in [-0.4, -0.2) is 78.1 Å². The average Bonchev–Trinajstić information content (AvgIpc) is 3.42. The summed E-state index contributed by atoms with van der Waals surface area (Å²) >= 11 is 2.17. The molecular weight excluding hydrogens is 587 g/mol. The fourth-order valence-corrected chi connectivity index (χ4v) is 5.71. The number of para-hydroxylation sites is 1. The second-order valence-electron chi connectivity index (χ2n) is 9.77. The summed E-state index contributed by atoms with van der Waals surface area (Å²) in [6.45, 7) is 3.45. The van der Waals surface area contributed by atoms with E-state index >= 15 is 0 Å². The summed E-state index contributed by atoms with van der Waals surface area (Å²) < 4.78 is 12.6. The highest BCUT2D eigenvalue weighted by atomic mass is 127. The Morgan fingerprint density at radius 3 is 2.68 bits per heavy atom. The molecule has 0 bridgehead atoms. The van der Waals surface area contributed by atoms with Gasteiger partial charge >= 0.3 is 0 Å². The summed E-state index contributed by atoms with van der Waals surface area (Å²) in [6, 6.07) is 6.89. The van der Waals surface area contributed by atoms with Crippen molar-refractivity contribution in [1.29, 1.82) is 0 Å². The number of halogens is 1. The Morgan fingerprint density at radius 1 is 1.22 bits per heavy atom. The molecule has 1 saturated carbocycles. The highest BCUT2D eigenvalue weighted by Crippen LogP contribution is 2.32. The van der Waals surface area contributed by atoms with E-state index in [0.717, 1.165) is 9.99 Å². The molecule has 0 spiro atoms. The fourth-order valence-electron chi connectivity index (χ4n) is 5.19. The number of nitrogens with one attached hydrogen (secondary N) is 1. The molecule has 2 amide bonds. The van der Waals surface area contributed by atoms with Crippen molar-refractivity contribution >= 4 is 34.4 Å². The zero-order valence-corrected chi connectivity index (χ0v) is 23.9. The number of carbonyl (C=O) groups is 2. The van der Waals surface area contributed by atoms with Crippen LogP contribution in [0.15, 0.2) is 35.9 Å². The fraction of sp³-hybridized carbons (Fsp3) is 0.643. The summed E-state index contributed by atoms with van der Waals surface area (Å²) in [5, 5.41) is 23.4. The molecule has 206 valence electrons. The third kappa shape index (κ3) is 8.94. The Balaban J connectivity index is 1.83. The van der Waals surface area contributed by atoms with E-state index in [4.69, 9.17) is 9.47 Å². The molecule has 2 aliphatic rings. The monoisotopic (exact) mass is 628 g/mol. The van der Waals surface area contributed by atoms with Gasteiger partial charge in [-0.1, -0.05) is 37.8 Å². The lowest BCUT2D eigenvalue weighted by atomic mass is 9.87. The van der Waals surface area contributed by atoms with Crippen LogP contribution in [-0.2, 0) is 14.3 Å². The molecule has 0 unspecified atom stereocenters. The predicted molar refractivity (Wildman–Crippen MR) is 150 cm³/mol. The molecule has 0 heterocycles. The highest BCUT2D eigenvalue weighted by molar-refractivity contribution is 14.1. The van der Waals surface area contributed by atoms with Crippen LogP contribution in [0.1, 0.15) is 58.3 Å². The van der Waals surface area contributed by atoms with Gasteiger partial charge in [0, 0.05) is 44.7 Å². The summed E-state index contributed by atoms with van der Waals surface area (Å²) in [5.41, 5.74) is 0.443. The third-order valence-electron chi connectivity index (χ3n) is 7.17. The van der Waals surface area contributed by atoms with Gasteiger partial charge in [-0.2, -0.15) is 0 Å². The summed E-state index contributed by atoms with van der Waals surface area (Å²) in [6.07, 6.45) is 6.79. The first kappa shape index (κ1) is 29.9. The van der Waals surface area contributed by atoms with E-state index in [0.29, 0.717) is 49.8 Å². The molecule has 9 heteroatoms. The van der Waals surface area contributed by atoms with Crippen LogP contribution < -0.4 is 10.1 Å². The molecule has 0 aliphatic heterocycles. The maximum Gasteiger partial charge on any atom is 0.247 e. The van der Waals surface area contributed by atoms with E-state index in [2.05, 4.69) is 27.9 Å². The molecule has 0 aromatic heterocycles. The van der Waals surface area contributed by atoms with Crippen molar-refractivity contribution in [2.24, 2.45) is 5.92 Å². The predicted octanol–water partition coefficient (Wildman–Crippen LogP) is 3.43. The number of rotatable bonds is 14. The van der Waals surface area contributed by atoms with E-state index < -0.39 is 18.2 Å². The number of hydrogen-bond acceptors (Lipinski definition) is 6. The van der Waals surface area contributed by atoms with E-state index in [1.54, 1.807) is 11.0 Å². The molecule has 1 fully saturated rings. The second-order valence-corrected chi connectivity index (χ2v) is 10.9. The van der Waals surface area contributed by atoms with Crippen molar-refractivity contribution in [3.8, 4) is 5.75 Å². The molecule has 3 N–H and O–H groups in total. The van der Waals surface area contributed by atoms with Crippen LogP contribution >= 0.6 is 22.6 Å². The SMILES string of the molecule is CCOCCCN(C(=O)CCC1CCCC1)[C@@H]1CC(C(=O)NCCO)=C[C@H](Oc2ccccc2I)[C@H]1O.